The highest BCUT2D eigenvalue weighted by Gasteiger charge is 2.23. The monoisotopic (exact) mass is 358 g/mol. The first-order chi connectivity index (χ1) is 12.6. The lowest BCUT2D eigenvalue weighted by Crippen LogP contribution is -2.25. The van der Waals surface area contributed by atoms with Crippen molar-refractivity contribution in [3.63, 3.8) is 0 Å². The maximum Gasteiger partial charge on any atom is 0.414 e. The number of cyclic esters (lactones) is 1. The molecule has 2 amide bonds. The molecular formula is C19H19FN2O4. The maximum atomic E-state index is 13.0. The summed E-state index contributed by atoms with van der Waals surface area (Å²) in [6.45, 7) is 1.40. The molecule has 0 aliphatic carbocycles. The van der Waals surface area contributed by atoms with E-state index in [1.807, 2.05) is 24.3 Å². The van der Waals surface area contributed by atoms with E-state index in [0.717, 1.165) is 11.3 Å². The molecule has 2 aromatic rings. The average molecular weight is 358 g/mol. The highest BCUT2D eigenvalue weighted by molar-refractivity contribution is 5.89. The van der Waals surface area contributed by atoms with Gasteiger partial charge in [0.05, 0.1) is 19.6 Å². The van der Waals surface area contributed by atoms with Gasteiger partial charge in [-0.2, -0.15) is 0 Å². The van der Waals surface area contributed by atoms with E-state index in [-0.39, 0.29) is 30.8 Å². The molecule has 3 rings (SSSR count). The minimum Gasteiger partial charge on any atom is -0.493 e. The second-order valence-corrected chi connectivity index (χ2v) is 5.77. The van der Waals surface area contributed by atoms with Crippen LogP contribution in [0.4, 0.5) is 14.9 Å². The number of nitrogens with zero attached hydrogens (tertiary/aromatic N) is 1. The van der Waals surface area contributed by atoms with Crippen molar-refractivity contribution >= 4 is 17.7 Å². The van der Waals surface area contributed by atoms with E-state index >= 15 is 0 Å². The van der Waals surface area contributed by atoms with E-state index in [9.17, 15) is 14.0 Å². The largest absolute Gasteiger partial charge is 0.493 e. The number of anilines is 1. The molecule has 0 unspecified atom stereocenters. The third-order valence-corrected chi connectivity index (χ3v) is 3.87. The Bertz CT molecular complexity index is 797. The lowest BCUT2D eigenvalue weighted by molar-refractivity contribution is -0.121. The van der Waals surface area contributed by atoms with Crippen molar-refractivity contribution in [3.05, 3.63) is 59.9 Å². The molecule has 0 aromatic heterocycles. The van der Waals surface area contributed by atoms with Crippen LogP contribution in [0.2, 0.25) is 0 Å². The number of rotatable bonds is 7. The summed E-state index contributed by atoms with van der Waals surface area (Å²) < 4.78 is 23.3. The van der Waals surface area contributed by atoms with Crippen LogP contribution in [-0.4, -0.2) is 31.8 Å². The summed E-state index contributed by atoms with van der Waals surface area (Å²) in [7, 11) is 0. The van der Waals surface area contributed by atoms with Crippen LogP contribution in [0.5, 0.6) is 5.75 Å². The number of halogens is 1. The van der Waals surface area contributed by atoms with Crippen molar-refractivity contribution in [2.24, 2.45) is 0 Å². The van der Waals surface area contributed by atoms with Crippen LogP contribution >= 0.6 is 0 Å². The molecule has 0 saturated carbocycles. The van der Waals surface area contributed by atoms with Crippen molar-refractivity contribution < 1.29 is 23.5 Å². The molecule has 1 aliphatic heterocycles. The Morgan fingerprint density at radius 2 is 2.08 bits per heavy atom. The number of ether oxygens (including phenoxy) is 2. The Kier molecular flexibility index (Phi) is 5.68. The van der Waals surface area contributed by atoms with Crippen LogP contribution < -0.4 is 15.0 Å². The zero-order valence-electron chi connectivity index (χ0n) is 14.1. The fraction of sp³-hybridized carbons (Fsp3) is 0.263. The van der Waals surface area contributed by atoms with Gasteiger partial charge < -0.3 is 14.8 Å². The van der Waals surface area contributed by atoms with Crippen LogP contribution in [0.15, 0.2) is 48.5 Å². The number of amides is 2. The lowest BCUT2D eigenvalue weighted by Gasteiger charge is -2.14. The number of carbonyl (C=O) groups is 2. The Hall–Kier alpha value is -3.09. The second kappa shape index (κ2) is 8.33. The van der Waals surface area contributed by atoms with Gasteiger partial charge in [-0.15, -0.1) is 0 Å². The summed E-state index contributed by atoms with van der Waals surface area (Å²) in [6, 6.07) is 13.1. The average Bonchev–Trinajstić information content (AvgIpc) is 3.06. The molecule has 26 heavy (non-hydrogen) atoms. The van der Waals surface area contributed by atoms with Crippen molar-refractivity contribution in [2.45, 2.75) is 13.0 Å². The van der Waals surface area contributed by atoms with E-state index in [0.29, 0.717) is 25.4 Å². The zero-order valence-corrected chi connectivity index (χ0v) is 14.1. The fourth-order valence-electron chi connectivity index (χ4n) is 2.57. The first-order valence-electron chi connectivity index (χ1n) is 8.30. The molecule has 7 heteroatoms. The van der Waals surface area contributed by atoms with E-state index < -0.39 is 0 Å². The summed E-state index contributed by atoms with van der Waals surface area (Å²) in [5.74, 6) is -0.163. The predicted octanol–water partition coefficient (Wildman–Crippen LogP) is 2.87. The van der Waals surface area contributed by atoms with Gasteiger partial charge in [-0.1, -0.05) is 18.2 Å². The van der Waals surface area contributed by atoms with Crippen molar-refractivity contribution in [1.29, 1.82) is 0 Å². The highest BCUT2D eigenvalue weighted by atomic mass is 19.1. The summed E-state index contributed by atoms with van der Waals surface area (Å²) in [5.41, 5.74) is 1.62. The summed E-state index contributed by atoms with van der Waals surface area (Å²) in [6.07, 6.45) is -0.199. The molecule has 1 heterocycles. The number of nitrogens with one attached hydrogen (secondary N) is 1. The Balaban J connectivity index is 1.45. The molecule has 0 spiro atoms. The van der Waals surface area contributed by atoms with E-state index in [1.54, 1.807) is 17.0 Å². The minimum atomic E-state index is -0.381. The number of hydrogen-bond acceptors (Lipinski definition) is 4. The van der Waals surface area contributed by atoms with Crippen molar-refractivity contribution in [1.82, 2.24) is 5.32 Å². The molecule has 0 radical (unpaired) electrons. The van der Waals surface area contributed by atoms with Gasteiger partial charge in [-0.05, 0) is 29.8 Å². The van der Waals surface area contributed by atoms with Gasteiger partial charge >= 0.3 is 6.09 Å². The van der Waals surface area contributed by atoms with Crippen LogP contribution in [0.3, 0.4) is 0 Å². The van der Waals surface area contributed by atoms with Gasteiger partial charge in [0, 0.05) is 18.3 Å². The first kappa shape index (κ1) is 17.7. The molecule has 1 saturated heterocycles. The summed E-state index contributed by atoms with van der Waals surface area (Å²) >= 11 is 0. The predicted molar refractivity (Wildman–Crippen MR) is 93.5 cm³/mol. The van der Waals surface area contributed by atoms with E-state index in [2.05, 4.69) is 5.32 Å². The van der Waals surface area contributed by atoms with Gasteiger partial charge in [0.1, 0.15) is 18.2 Å². The van der Waals surface area contributed by atoms with E-state index in [4.69, 9.17) is 9.47 Å². The fourth-order valence-corrected chi connectivity index (χ4v) is 2.57. The lowest BCUT2D eigenvalue weighted by atomic mass is 10.2. The molecule has 1 fully saturated rings. The molecular weight excluding hydrogens is 339 g/mol. The van der Waals surface area contributed by atoms with Gasteiger partial charge in [0.2, 0.25) is 5.91 Å². The third kappa shape index (κ3) is 4.72. The molecule has 136 valence electrons. The Morgan fingerprint density at radius 3 is 2.85 bits per heavy atom. The van der Waals surface area contributed by atoms with Crippen LogP contribution in [0.1, 0.15) is 12.0 Å². The summed E-state index contributed by atoms with van der Waals surface area (Å²) in [4.78, 5) is 25.1. The second-order valence-electron chi connectivity index (χ2n) is 5.77. The zero-order chi connectivity index (χ0) is 18.4. The van der Waals surface area contributed by atoms with Gasteiger partial charge in [0.25, 0.3) is 0 Å². The molecule has 2 aromatic carbocycles. The third-order valence-electron chi connectivity index (χ3n) is 3.87. The first-order valence-corrected chi connectivity index (χ1v) is 8.30. The van der Waals surface area contributed by atoms with Gasteiger partial charge in [-0.3, -0.25) is 9.69 Å². The molecule has 0 bridgehead atoms. The molecule has 0 atom stereocenters. The van der Waals surface area contributed by atoms with Crippen LogP contribution in [0.25, 0.3) is 0 Å². The van der Waals surface area contributed by atoms with Gasteiger partial charge in [-0.25, -0.2) is 9.18 Å². The number of hydrogen-bond donors (Lipinski definition) is 1. The minimum absolute atomic E-state index is 0.161. The summed E-state index contributed by atoms with van der Waals surface area (Å²) in [5, 5.41) is 2.80. The van der Waals surface area contributed by atoms with Crippen LogP contribution in [0, 0.1) is 5.82 Å². The smallest absolute Gasteiger partial charge is 0.414 e. The quantitative estimate of drug-likeness (QED) is 0.826. The normalized spacial score (nSPS) is 13.4. The number of carbonyl (C=O) groups excluding carboxylic acids is 2. The Morgan fingerprint density at radius 1 is 1.23 bits per heavy atom. The number of benzene rings is 2. The molecule has 1 N–H and O–H groups in total. The highest BCUT2D eigenvalue weighted by Crippen LogP contribution is 2.20. The van der Waals surface area contributed by atoms with Crippen molar-refractivity contribution in [3.8, 4) is 5.75 Å². The Labute approximate surface area is 150 Å². The standard InChI is InChI=1S/C19H19FN2O4/c20-15-4-2-6-17(12-15)25-9-7-18(23)21-13-14-3-1-5-16(11-14)22-8-10-26-19(22)24/h1-6,11-12H,7-10,13H2,(H,21,23). The van der Waals surface area contributed by atoms with E-state index in [1.165, 1.54) is 12.1 Å². The van der Waals surface area contributed by atoms with Gasteiger partial charge in [0.15, 0.2) is 0 Å². The van der Waals surface area contributed by atoms with Crippen LogP contribution in [-0.2, 0) is 16.1 Å². The molecule has 1 aliphatic rings. The maximum absolute atomic E-state index is 13.0. The topological polar surface area (TPSA) is 67.9 Å². The molecule has 6 nitrogen and oxygen atoms in total. The SMILES string of the molecule is O=C(CCOc1cccc(F)c1)NCc1cccc(N2CCOC2=O)c1. The van der Waals surface area contributed by atoms with Crippen molar-refractivity contribution in [2.75, 3.05) is 24.7 Å².